The molecule has 2 atom stereocenters. The molecule has 1 aromatic rings. The highest BCUT2D eigenvalue weighted by atomic mass is 35.5. The molecule has 0 aromatic heterocycles. The Morgan fingerprint density at radius 1 is 1.19 bits per heavy atom. The zero-order valence-electron chi connectivity index (χ0n) is 15.5. The second-order valence-electron chi connectivity index (χ2n) is 6.26. The minimum absolute atomic E-state index is 0. The molecule has 2 N–H and O–H groups in total. The summed E-state index contributed by atoms with van der Waals surface area (Å²) in [5.41, 5.74) is 1.27. The summed E-state index contributed by atoms with van der Waals surface area (Å²) in [7, 11) is 1.61. The van der Waals surface area contributed by atoms with Crippen LogP contribution in [0.2, 0.25) is 0 Å². The summed E-state index contributed by atoms with van der Waals surface area (Å²) in [6.45, 7) is 6.51. The molecule has 2 rings (SSSR count). The van der Waals surface area contributed by atoms with E-state index in [1.165, 1.54) is 0 Å². The highest BCUT2D eigenvalue weighted by Gasteiger charge is 2.26. The first-order valence-electron chi connectivity index (χ1n) is 8.54. The molecular formula is C18H28ClN3O4. The summed E-state index contributed by atoms with van der Waals surface area (Å²) in [5, 5.41) is 5.77. The highest BCUT2D eigenvalue weighted by molar-refractivity contribution is 5.96. The molecule has 8 heteroatoms. The number of hydrogen-bond acceptors (Lipinski definition) is 5. The average molecular weight is 386 g/mol. The van der Waals surface area contributed by atoms with Gasteiger partial charge in [-0.1, -0.05) is 0 Å². The van der Waals surface area contributed by atoms with Crippen LogP contribution in [0.5, 0.6) is 0 Å². The summed E-state index contributed by atoms with van der Waals surface area (Å²) < 4.78 is 10.6. The first-order chi connectivity index (χ1) is 12.0. The van der Waals surface area contributed by atoms with E-state index in [0.29, 0.717) is 37.5 Å². The van der Waals surface area contributed by atoms with Crippen molar-refractivity contribution in [2.45, 2.75) is 26.1 Å². The highest BCUT2D eigenvalue weighted by Crippen LogP contribution is 2.16. The number of carbonyl (C=O) groups excluding carboxylic acids is 2. The lowest BCUT2D eigenvalue weighted by molar-refractivity contribution is -0.115. The fourth-order valence-corrected chi connectivity index (χ4v) is 2.80. The number of halogens is 1. The van der Waals surface area contributed by atoms with Crippen molar-refractivity contribution in [3.63, 3.8) is 0 Å². The number of nitrogens with zero attached hydrogens (tertiary/aromatic N) is 1. The van der Waals surface area contributed by atoms with Gasteiger partial charge in [0, 0.05) is 38.0 Å². The predicted molar refractivity (Wildman–Crippen MR) is 103 cm³/mol. The van der Waals surface area contributed by atoms with Gasteiger partial charge in [0.05, 0.1) is 25.4 Å². The number of anilines is 1. The van der Waals surface area contributed by atoms with Gasteiger partial charge in [0.25, 0.3) is 5.91 Å². The number of morpholine rings is 1. The Kier molecular flexibility index (Phi) is 9.58. The number of rotatable bonds is 7. The van der Waals surface area contributed by atoms with Crippen molar-refractivity contribution in [2.75, 3.05) is 45.2 Å². The zero-order valence-corrected chi connectivity index (χ0v) is 16.3. The number of hydrogen-bond donors (Lipinski definition) is 2. The van der Waals surface area contributed by atoms with Crippen molar-refractivity contribution >= 4 is 29.9 Å². The van der Waals surface area contributed by atoms with Crippen molar-refractivity contribution in [3.05, 3.63) is 29.8 Å². The lowest BCUT2D eigenvalue weighted by Crippen LogP contribution is -2.48. The summed E-state index contributed by atoms with van der Waals surface area (Å²) in [6, 6.07) is 6.96. The van der Waals surface area contributed by atoms with Gasteiger partial charge in [-0.3, -0.25) is 9.59 Å². The second-order valence-corrected chi connectivity index (χ2v) is 6.26. The maximum atomic E-state index is 12.6. The van der Waals surface area contributed by atoms with Crippen molar-refractivity contribution < 1.29 is 19.1 Å². The van der Waals surface area contributed by atoms with Crippen LogP contribution in [0.25, 0.3) is 0 Å². The van der Waals surface area contributed by atoms with Crippen LogP contribution >= 0.6 is 12.4 Å². The fraction of sp³-hybridized carbons (Fsp3) is 0.556. The van der Waals surface area contributed by atoms with Crippen LogP contribution in [-0.2, 0) is 14.3 Å². The van der Waals surface area contributed by atoms with E-state index >= 15 is 0 Å². The van der Waals surface area contributed by atoms with Crippen LogP contribution in [0.15, 0.2) is 24.3 Å². The monoisotopic (exact) mass is 385 g/mol. The lowest BCUT2D eigenvalue weighted by Gasteiger charge is -2.35. The van der Waals surface area contributed by atoms with E-state index in [1.807, 2.05) is 18.7 Å². The molecule has 2 unspecified atom stereocenters. The van der Waals surface area contributed by atoms with Crippen molar-refractivity contribution in [1.29, 1.82) is 0 Å². The molecule has 26 heavy (non-hydrogen) atoms. The van der Waals surface area contributed by atoms with Gasteiger partial charge >= 0.3 is 0 Å². The normalized spacial score (nSPS) is 19.6. The third kappa shape index (κ3) is 6.92. The van der Waals surface area contributed by atoms with Gasteiger partial charge in [0.1, 0.15) is 0 Å². The molecule has 1 aliphatic rings. The first kappa shape index (κ1) is 22.4. The van der Waals surface area contributed by atoms with Crippen LogP contribution < -0.4 is 10.6 Å². The number of ether oxygens (including phenoxy) is 2. The van der Waals surface area contributed by atoms with Gasteiger partial charge in [-0.25, -0.2) is 0 Å². The van der Waals surface area contributed by atoms with Crippen molar-refractivity contribution in [2.24, 2.45) is 0 Å². The molecule has 1 heterocycles. The van der Waals surface area contributed by atoms with Crippen molar-refractivity contribution in [1.82, 2.24) is 10.2 Å². The summed E-state index contributed by atoms with van der Waals surface area (Å²) in [6.07, 6.45) is 0.0775. The molecule has 0 saturated carbocycles. The van der Waals surface area contributed by atoms with E-state index in [-0.39, 0.29) is 43.0 Å². The van der Waals surface area contributed by atoms with Gasteiger partial charge in [0.2, 0.25) is 5.91 Å². The van der Waals surface area contributed by atoms with E-state index in [2.05, 4.69) is 10.6 Å². The Hall–Kier alpha value is -1.67. The maximum absolute atomic E-state index is 12.6. The van der Waals surface area contributed by atoms with Crippen LogP contribution in [-0.4, -0.2) is 68.8 Å². The molecule has 1 fully saturated rings. The van der Waals surface area contributed by atoms with Gasteiger partial charge in [0.15, 0.2) is 0 Å². The number of nitrogens with one attached hydrogen (secondary N) is 2. The molecule has 2 amide bonds. The number of methoxy groups -OCH3 is 1. The zero-order chi connectivity index (χ0) is 18.2. The predicted octanol–water partition coefficient (Wildman–Crippen LogP) is 1.53. The third-order valence-electron chi connectivity index (χ3n) is 3.89. The van der Waals surface area contributed by atoms with Gasteiger partial charge in [-0.05, 0) is 38.1 Å². The smallest absolute Gasteiger partial charge is 0.254 e. The van der Waals surface area contributed by atoms with Gasteiger partial charge in [-0.2, -0.15) is 0 Å². The molecular weight excluding hydrogens is 358 g/mol. The van der Waals surface area contributed by atoms with Crippen LogP contribution in [0.4, 0.5) is 5.69 Å². The van der Waals surface area contributed by atoms with E-state index in [1.54, 1.807) is 31.4 Å². The summed E-state index contributed by atoms with van der Waals surface area (Å²) in [4.78, 5) is 26.2. The molecule has 7 nitrogen and oxygen atoms in total. The molecule has 1 saturated heterocycles. The van der Waals surface area contributed by atoms with Crippen molar-refractivity contribution in [3.8, 4) is 0 Å². The molecule has 0 spiro atoms. The standard InChI is InChI=1S/C18H27N3O4.ClH/c1-13-11-21(12-14(2)25-13)18(23)15-4-6-16(7-5-15)20-17(22)10-19-8-9-24-3;/h4-7,13-14,19H,8-12H2,1-3H3,(H,20,22);1H. The first-order valence-corrected chi connectivity index (χ1v) is 8.54. The number of benzene rings is 1. The van der Waals surface area contributed by atoms with Gasteiger partial charge in [-0.15, -0.1) is 12.4 Å². The maximum Gasteiger partial charge on any atom is 0.254 e. The molecule has 0 bridgehead atoms. The summed E-state index contributed by atoms with van der Waals surface area (Å²) >= 11 is 0. The molecule has 1 aliphatic heterocycles. The lowest BCUT2D eigenvalue weighted by atomic mass is 10.1. The molecule has 146 valence electrons. The van der Waals surface area contributed by atoms with Crippen LogP contribution in [0.1, 0.15) is 24.2 Å². The van der Waals surface area contributed by atoms with E-state index < -0.39 is 0 Å². The third-order valence-corrected chi connectivity index (χ3v) is 3.89. The van der Waals surface area contributed by atoms with Crippen LogP contribution in [0.3, 0.4) is 0 Å². The summed E-state index contributed by atoms with van der Waals surface area (Å²) in [5.74, 6) is -0.146. The SMILES string of the molecule is COCCNCC(=O)Nc1ccc(C(=O)N2CC(C)OC(C)C2)cc1.Cl. The number of carbonyl (C=O) groups is 2. The Balaban J connectivity index is 0.00000338. The van der Waals surface area contributed by atoms with Gasteiger partial charge < -0.3 is 25.0 Å². The van der Waals surface area contributed by atoms with E-state index in [9.17, 15) is 9.59 Å². The molecule has 0 aliphatic carbocycles. The Morgan fingerprint density at radius 2 is 1.81 bits per heavy atom. The molecule has 0 radical (unpaired) electrons. The van der Waals surface area contributed by atoms with E-state index in [0.717, 1.165) is 0 Å². The Labute approximate surface area is 160 Å². The van der Waals surface area contributed by atoms with Crippen LogP contribution in [0, 0.1) is 0 Å². The second kappa shape index (κ2) is 11.1. The molecule has 1 aromatic carbocycles. The average Bonchev–Trinajstić information content (AvgIpc) is 2.58. The quantitative estimate of drug-likeness (QED) is 0.696. The minimum Gasteiger partial charge on any atom is -0.383 e. The van der Waals surface area contributed by atoms with E-state index in [4.69, 9.17) is 9.47 Å². The fourth-order valence-electron chi connectivity index (χ4n) is 2.80. The largest absolute Gasteiger partial charge is 0.383 e. The Bertz CT molecular complexity index is 572. The minimum atomic E-state index is -0.133. The Morgan fingerprint density at radius 3 is 2.38 bits per heavy atom. The topological polar surface area (TPSA) is 79.9 Å². The number of amides is 2.